The van der Waals surface area contributed by atoms with E-state index in [9.17, 15) is 4.79 Å². The van der Waals surface area contributed by atoms with Crippen molar-refractivity contribution in [3.8, 4) is 0 Å². The Morgan fingerprint density at radius 3 is 2.89 bits per heavy atom. The molecule has 0 radical (unpaired) electrons. The number of nitrogens with one attached hydrogen (secondary N) is 1. The quantitative estimate of drug-likeness (QED) is 0.732. The number of hydrogen-bond donors (Lipinski definition) is 1. The third kappa shape index (κ3) is 4.46. The Bertz CT molecular complexity index is 788. The molecule has 1 aromatic heterocycles. The summed E-state index contributed by atoms with van der Waals surface area (Å²) in [6.45, 7) is 2.13. The van der Waals surface area contributed by atoms with Gasteiger partial charge in [0, 0.05) is 17.8 Å². The summed E-state index contributed by atoms with van der Waals surface area (Å²) in [5, 5.41) is 12.9. The summed E-state index contributed by atoms with van der Waals surface area (Å²) in [6, 6.07) is 9.02. The van der Waals surface area contributed by atoms with Gasteiger partial charge in [0.15, 0.2) is 4.34 Å². The second-order valence-electron chi connectivity index (χ2n) is 7.42. The topological polar surface area (TPSA) is 58.1 Å². The monoisotopic (exact) mass is 402 g/mol. The van der Waals surface area contributed by atoms with Gasteiger partial charge in [-0.25, -0.2) is 0 Å². The summed E-state index contributed by atoms with van der Waals surface area (Å²) in [4.78, 5) is 14.9. The summed E-state index contributed by atoms with van der Waals surface area (Å²) in [6.07, 6.45) is 8.42. The molecule has 0 saturated heterocycles. The predicted molar refractivity (Wildman–Crippen MR) is 113 cm³/mol. The van der Waals surface area contributed by atoms with Crippen LogP contribution in [0.4, 0.5) is 10.8 Å². The van der Waals surface area contributed by atoms with E-state index in [4.69, 9.17) is 0 Å². The van der Waals surface area contributed by atoms with E-state index in [0.29, 0.717) is 11.8 Å². The fraction of sp³-hybridized carbons (Fsp3) is 0.550. The van der Waals surface area contributed by atoms with E-state index < -0.39 is 0 Å². The molecule has 144 valence electrons. The number of aromatic nitrogens is 2. The lowest BCUT2D eigenvalue weighted by molar-refractivity contribution is -0.116. The van der Waals surface area contributed by atoms with Crippen LogP contribution in [0.5, 0.6) is 0 Å². The number of benzene rings is 1. The Morgan fingerprint density at radius 2 is 2.04 bits per heavy atom. The maximum absolute atomic E-state index is 12.9. The van der Waals surface area contributed by atoms with Crippen LogP contribution in [0.25, 0.3) is 0 Å². The van der Waals surface area contributed by atoms with Gasteiger partial charge in [-0.2, -0.15) is 0 Å². The van der Waals surface area contributed by atoms with Crippen LogP contribution in [0.1, 0.15) is 51.0 Å². The molecule has 0 bridgehead atoms. The first-order valence-electron chi connectivity index (χ1n) is 9.83. The highest BCUT2D eigenvalue weighted by Crippen LogP contribution is 2.33. The van der Waals surface area contributed by atoms with Gasteiger partial charge in [0.05, 0.1) is 5.75 Å². The lowest BCUT2D eigenvalue weighted by Gasteiger charge is -2.35. The lowest BCUT2D eigenvalue weighted by atomic mass is 9.96. The maximum Gasteiger partial charge on any atom is 0.237 e. The maximum atomic E-state index is 12.9. The van der Waals surface area contributed by atoms with Crippen molar-refractivity contribution >= 4 is 39.8 Å². The molecule has 1 unspecified atom stereocenters. The van der Waals surface area contributed by atoms with E-state index >= 15 is 0 Å². The van der Waals surface area contributed by atoms with Crippen molar-refractivity contribution in [1.29, 1.82) is 0 Å². The standard InChI is InChI=1S/C20H26N4OS2/c1-14-11-12-15-7-5-6-10-17(15)24(14)18(25)13-26-20-23-22-19(27-20)21-16-8-3-2-4-9-16/h5-7,10,14,16H,2-4,8-9,11-13H2,1H3,(H,21,22). The summed E-state index contributed by atoms with van der Waals surface area (Å²) in [5.41, 5.74) is 2.34. The first-order chi connectivity index (χ1) is 13.2. The smallest absolute Gasteiger partial charge is 0.237 e. The predicted octanol–water partition coefficient (Wildman–Crippen LogP) is 4.74. The molecular weight excluding hydrogens is 376 g/mol. The Kier molecular flexibility index (Phi) is 5.98. The number of carbonyl (C=O) groups excluding carboxylic acids is 1. The number of rotatable bonds is 5. The van der Waals surface area contributed by atoms with Crippen molar-refractivity contribution in [2.75, 3.05) is 16.0 Å². The van der Waals surface area contributed by atoms with E-state index in [1.54, 1.807) is 11.3 Å². The molecule has 1 amide bonds. The van der Waals surface area contributed by atoms with Gasteiger partial charge in [0.25, 0.3) is 0 Å². The molecule has 27 heavy (non-hydrogen) atoms. The Morgan fingerprint density at radius 1 is 1.22 bits per heavy atom. The SMILES string of the molecule is CC1CCc2ccccc2N1C(=O)CSc1nnc(NC2CCCCC2)s1. The first kappa shape index (κ1) is 18.7. The molecule has 4 rings (SSSR count). The fourth-order valence-corrected chi connectivity index (χ4v) is 5.70. The minimum Gasteiger partial charge on any atom is -0.357 e. The van der Waals surface area contributed by atoms with Crippen LogP contribution in [-0.2, 0) is 11.2 Å². The van der Waals surface area contributed by atoms with Gasteiger partial charge in [-0.15, -0.1) is 10.2 Å². The van der Waals surface area contributed by atoms with Crippen molar-refractivity contribution in [2.24, 2.45) is 0 Å². The number of carbonyl (C=O) groups is 1. The van der Waals surface area contributed by atoms with Crippen molar-refractivity contribution in [2.45, 2.75) is 68.3 Å². The molecule has 1 aromatic carbocycles. The molecule has 2 aromatic rings. The Hall–Kier alpha value is -1.60. The summed E-state index contributed by atoms with van der Waals surface area (Å²) in [7, 11) is 0. The average molecular weight is 403 g/mol. The number of fused-ring (bicyclic) bond motifs is 1. The van der Waals surface area contributed by atoms with E-state index in [1.165, 1.54) is 49.4 Å². The van der Waals surface area contributed by atoms with E-state index in [0.717, 1.165) is 28.0 Å². The van der Waals surface area contributed by atoms with Gasteiger partial charge < -0.3 is 10.2 Å². The van der Waals surface area contributed by atoms with Crippen LogP contribution in [0.15, 0.2) is 28.6 Å². The van der Waals surface area contributed by atoms with E-state index in [1.807, 2.05) is 17.0 Å². The second kappa shape index (κ2) is 8.61. The number of anilines is 2. The van der Waals surface area contributed by atoms with Crippen LogP contribution in [0, 0.1) is 0 Å². The van der Waals surface area contributed by atoms with Gasteiger partial charge in [0.1, 0.15) is 0 Å². The highest BCUT2D eigenvalue weighted by Gasteiger charge is 2.28. The second-order valence-corrected chi connectivity index (χ2v) is 9.62. The number of hydrogen-bond acceptors (Lipinski definition) is 6. The number of aryl methyl sites for hydroxylation is 1. The normalized spacial score (nSPS) is 20.3. The van der Waals surface area contributed by atoms with Gasteiger partial charge in [0.2, 0.25) is 11.0 Å². The minimum atomic E-state index is 0.150. The van der Waals surface area contributed by atoms with Gasteiger partial charge in [-0.05, 0) is 44.2 Å². The van der Waals surface area contributed by atoms with Crippen molar-refractivity contribution < 1.29 is 4.79 Å². The third-order valence-electron chi connectivity index (χ3n) is 5.45. The van der Waals surface area contributed by atoms with Gasteiger partial charge in [-0.1, -0.05) is 60.6 Å². The molecular formula is C20H26N4OS2. The largest absolute Gasteiger partial charge is 0.357 e. The molecule has 1 saturated carbocycles. The van der Waals surface area contributed by atoms with Crippen LogP contribution >= 0.6 is 23.1 Å². The van der Waals surface area contributed by atoms with Crippen LogP contribution in [0.2, 0.25) is 0 Å². The number of para-hydroxylation sites is 1. The Balaban J connectivity index is 1.35. The minimum absolute atomic E-state index is 0.150. The molecule has 0 spiro atoms. The summed E-state index contributed by atoms with van der Waals surface area (Å²) in [5.74, 6) is 0.549. The fourth-order valence-electron chi connectivity index (χ4n) is 4.01. The zero-order valence-corrected chi connectivity index (χ0v) is 17.3. The van der Waals surface area contributed by atoms with E-state index in [2.05, 4.69) is 34.6 Å². The zero-order valence-electron chi connectivity index (χ0n) is 15.7. The molecule has 1 fully saturated rings. The van der Waals surface area contributed by atoms with Crippen molar-refractivity contribution in [3.05, 3.63) is 29.8 Å². The number of amides is 1. The molecule has 1 atom stereocenters. The zero-order chi connectivity index (χ0) is 18.6. The summed E-state index contributed by atoms with van der Waals surface area (Å²) >= 11 is 3.06. The molecule has 1 aliphatic carbocycles. The number of nitrogens with zero attached hydrogens (tertiary/aromatic N) is 3. The molecule has 5 nitrogen and oxygen atoms in total. The molecule has 2 heterocycles. The van der Waals surface area contributed by atoms with Gasteiger partial charge in [-0.3, -0.25) is 4.79 Å². The molecule has 1 aliphatic heterocycles. The highest BCUT2D eigenvalue weighted by atomic mass is 32.2. The Labute approximate surface area is 168 Å². The van der Waals surface area contributed by atoms with Crippen LogP contribution in [-0.4, -0.2) is 33.9 Å². The van der Waals surface area contributed by atoms with Crippen molar-refractivity contribution in [3.63, 3.8) is 0 Å². The third-order valence-corrected chi connectivity index (χ3v) is 7.42. The van der Waals surface area contributed by atoms with Gasteiger partial charge >= 0.3 is 0 Å². The summed E-state index contributed by atoms with van der Waals surface area (Å²) < 4.78 is 0.861. The highest BCUT2D eigenvalue weighted by molar-refractivity contribution is 8.01. The van der Waals surface area contributed by atoms with Crippen molar-refractivity contribution in [1.82, 2.24) is 10.2 Å². The average Bonchev–Trinajstić information content (AvgIpc) is 3.14. The van der Waals surface area contributed by atoms with Crippen LogP contribution < -0.4 is 10.2 Å². The van der Waals surface area contributed by atoms with Crippen LogP contribution in [0.3, 0.4) is 0 Å². The number of thioether (sulfide) groups is 1. The first-order valence-corrected chi connectivity index (χ1v) is 11.6. The lowest BCUT2D eigenvalue weighted by Crippen LogP contribution is -2.43. The van der Waals surface area contributed by atoms with E-state index in [-0.39, 0.29) is 11.9 Å². The molecule has 7 heteroatoms. The molecule has 2 aliphatic rings. The molecule has 1 N–H and O–H groups in total.